The Morgan fingerprint density at radius 3 is 1.93 bits per heavy atom. The zero-order valence-corrected chi connectivity index (χ0v) is 16.0. The lowest BCUT2D eigenvalue weighted by molar-refractivity contribution is 0.508. The lowest BCUT2D eigenvalue weighted by Crippen LogP contribution is -2.26. The maximum atomic E-state index is 13.1. The van der Waals surface area contributed by atoms with E-state index in [1.165, 1.54) is 4.31 Å². The molecule has 0 atom stereocenters. The minimum atomic E-state index is -3.71. The highest BCUT2D eigenvalue weighted by molar-refractivity contribution is 7.89. The van der Waals surface area contributed by atoms with Crippen molar-refractivity contribution in [2.45, 2.75) is 24.8 Å². The van der Waals surface area contributed by atoms with Crippen molar-refractivity contribution in [2.24, 2.45) is 0 Å². The van der Waals surface area contributed by atoms with E-state index in [1.807, 2.05) is 67.6 Å². The molecule has 136 valence electrons. The topological polar surface area (TPSA) is 37.4 Å². The lowest BCUT2D eigenvalue weighted by Gasteiger charge is -2.18. The summed E-state index contributed by atoms with van der Waals surface area (Å²) in [6.07, 6.45) is 0.496. The smallest absolute Gasteiger partial charge is 0.220 e. The Morgan fingerprint density at radius 1 is 0.778 bits per heavy atom. The van der Waals surface area contributed by atoms with E-state index in [1.54, 1.807) is 24.3 Å². The van der Waals surface area contributed by atoms with Crippen LogP contribution in [-0.4, -0.2) is 12.7 Å². The Morgan fingerprint density at radius 2 is 1.33 bits per heavy atom. The van der Waals surface area contributed by atoms with Gasteiger partial charge >= 0.3 is 0 Å². The third kappa shape index (κ3) is 4.99. The summed E-state index contributed by atoms with van der Waals surface area (Å²) in [5.74, 6) is 3.01. The molecule has 3 aromatic rings. The van der Waals surface area contributed by atoms with Crippen molar-refractivity contribution < 1.29 is 8.42 Å². The van der Waals surface area contributed by atoms with E-state index in [0.29, 0.717) is 6.42 Å². The second-order valence-electron chi connectivity index (χ2n) is 6.26. The van der Waals surface area contributed by atoms with E-state index in [-0.39, 0.29) is 11.4 Å². The van der Waals surface area contributed by atoms with Gasteiger partial charge in [0.1, 0.15) is 0 Å². The monoisotopic (exact) mass is 375 g/mol. The van der Waals surface area contributed by atoms with Crippen LogP contribution < -0.4 is 0 Å². The van der Waals surface area contributed by atoms with Gasteiger partial charge in [0.25, 0.3) is 10.0 Å². The lowest BCUT2D eigenvalue weighted by atomic mass is 10.2. The fourth-order valence-electron chi connectivity index (χ4n) is 2.60. The number of hydrogen-bond donors (Lipinski definition) is 0. The highest BCUT2D eigenvalue weighted by Gasteiger charge is 2.22. The molecule has 0 fully saturated rings. The van der Waals surface area contributed by atoms with Gasteiger partial charge in [-0.3, -0.25) is 0 Å². The molecule has 0 aliphatic heterocycles. The van der Waals surface area contributed by atoms with Gasteiger partial charge in [0, 0.05) is 12.5 Å². The number of rotatable bonds is 5. The van der Waals surface area contributed by atoms with Crippen molar-refractivity contribution in [3.05, 3.63) is 102 Å². The summed E-state index contributed by atoms with van der Waals surface area (Å²) in [5, 5.41) is 0. The van der Waals surface area contributed by atoms with Crippen molar-refractivity contribution in [3.8, 4) is 12.0 Å². The average Bonchev–Trinajstić information content (AvgIpc) is 2.69. The van der Waals surface area contributed by atoms with Crippen LogP contribution in [0.15, 0.2) is 89.8 Å². The van der Waals surface area contributed by atoms with Crippen LogP contribution in [0.4, 0.5) is 0 Å². The largest absolute Gasteiger partial charge is 0.271 e. The molecular formula is C23H21NO2S. The maximum absolute atomic E-state index is 13.1. The summed E-state index contributed by atoms with van der Waals surface area (Å²) in [5.41, 5.74) is 2.96. The van der Waals surface area contributed by atoms with Gasteiger partial charge in [0.05, 0.1) is 11.4 Å². The fourth-order valence-corrected chi connectivity index (χ4v) is 3.84. The molecule has 27 heavy (non-hydrogen) atoms. The quantitative estimate of drug-likeness (QED) is 0.490. The zero-order chi connectivity index (χ0) is 19.1. The molecule has 3 aromatic carbocycles. The molecule has 0 saturated heterocycles. The van der Waals surface area contributed by atoms with Crippen molar-refractivity contribution in [1.29, 1.82) is 0 Å². The normalized spacial score (nSPS) is 10.7. The molecule has 3 rings (SSSR count). The first-order chi connectivity index (χ1) is 13.1. The van der Waals surface area contributed by atoms with E-state index in [0.717, 1.165) is 16.7 Å². The molecule has 0 spiro atoms. The standard InChI is InChI=1S/C23H21NO2S/c1-20-14-16-23(17-15-20)27(25,26)24(19-22-11-6-3-7-12-22)18-8-13-21-9-4-2-5-10-21/h2-7,9-12,14-17H,13,19H2,1H3. The molecule has 0 amide bonds. The minimum absolute atomic E-state index is 0.207. The van der Waals surface area contributed by atoms with Gasteiger partial charge in [-0.05, 0) is 30.2 Å². The number of sulfonamides is 1. The van der Waals surface area contributed by atoms with Crippen molar-refractivity contribution in [3.63, 3.8) is 0 Å². The SMILES string of the molecule is Cc1ccc(S(=O)(=O)N(C#CCc2ccccc2)Cc2ccccc2)cc1. The van der Waals surface area contributed by atoms with E-state index >= 15 is 0 Å². The van der Waals surface area contributed by atoms with Crippen LogP contribution in [0.3, 0.4) is 0 Å². The summed E-state index contributed by atoms with van der Waals surface area (Å²) < 4.78 is 27.5. The molecule has 0 unspecified atom stereocenters. The molecule has 0 radical (unpaired) electrons. The maximum Gasteiger partial charge on any atom is 0.271 e. The molecule has 3 nitrogen and oxygen atoms in total. The summed E-state index contributed by atoms with van der Waals surface area (Å²) in [6, 6.07) is 29.0. The van der Waals surface area contributed by atoms with E-state index < -0.39 is 10.0 Å². The van der Waals surface area contributed by atoms with Gasteiger partial charge < -0.3 is 0 Å². The van der Waals surface area contributed by atoms with Gasteiger partial charge in [-0.25, -0.2) is 12.7 Å². The van der Waals surface area contributed by atoms with Gasteiger partial charge in [-0.15, -0.1) is 0 Å². The van der Waals surface area contributed by atoms with Gasteiger partial charge in [0.2, 0.25) is 0 Å². The first-order valence-corrected chi connectivity index (χ1v) is 10.2. The van der Waals surface area contributed by atoms with Gasteiger partial charge in [-0.2, -0.15) is 0 Å². The molecule has 0 bridgehead atoms. The molecule has 0 heterocycles. The summed E-state index contributed by atoms with van der Waals surface area (Å²) >= 11 is 0. The van der Waals surface area contributed by atoms with Crippen molar-refractivity contribution >= 4 is 10.0 Å². The van der Waals surface area contributed by atoms with Crippen molar-refractivity contribution in [1.82, 2.24) is 4.31 Å². The van der Waals surface area contributed by atoms with Crippen LogP contribution >= 0.6 is 0 Å². The Bertz CT molecular complexity index is 1030. The van der Waals surface area contributed by atoms with Gasteiger partial charge in [0.15, 0.2) is 0 Å². The van der Waals surface area contributed by atoms with Crippen molar-refractivity contribution in [2.75, 3.05) is 0 Å². The number of aryl methyl sites for hydroxylation is 1. The van der Waals surface area contributed by atoms with Crippen LogP contribution in [0.25, 0.3) is 0 Å². The molecule has 0 N–H and O–H groups in total. The predicted molar refractivity (Wildman–Crippen MR) is 108 cm³/mol. The van der Waals surface area contributed by atoms with Gasteiger partial charge in [-0.1, -0.05) is 84.3 Å². The Hall–Kier alpha value is -3.03. The molecular weight excluding hydrogens is 354 g/mol. The average molecular weight is 375 g/mol. The first-order valence-electron chi connectivity index (χ1n) is 8.71. The Balaban J connectivity index is 1.91. The van der Waals surface area contributed by atoms with E-state index in [2.05, 4.69) is 12.0 Å². The Labute approximate surface area is 161 Å². The summed E-state index contributed by atoms with van der Waals surface area (Å²) in [4.78, 5) is 0.248. The van der Waals surface area contributed by atoms with Crippen LogP contribution in [0.2, 0.25) is 0 Å². The predicted octanol–water partition coefficient (Wildman–Crippen LogP) is 4.39. The molecule has 0 saturated carbocycles. The minimum Gasteiger partial charge on any atom is -0.220 e. The van der Waals surface area contributed by atoms with E-state index in [4.69, 9.17) is 0 Å². The third-order valence-corrected chi connectivity index (χ3v) is 5.79. The third-order valence-electron chi connectivity index (χ3n) is 4.12. The Kier molecular flexibility index (Phi) is 5.95. The van der Waals surface area contributed by atoms with E-state index in [9.17, 15) is 8.42 Å². The highest BCUT2D eigenvalue weighted by Crippen LogP contribution is 2.18. The highest BCUT2D eigenvalue weighted by atomic mass is 32.2. The van der Waals surface area contributed by atoms with Crippen LogP contribution in [-0.2, 0) is 23.0 Å². The number of benzene rings is 3. The summed E-state index contributed by atoms with van der Waals surface area (Å²) in [6.45, 7) is 2.14. The number of nitrogens with zero attached hydrogens (tertiary/aromatic N) is 1. The second-order valence-corrected chi connectivity index (χ2v) is 8.12. The van der Waals surface area contributed by atoms with Crippen LogP contribution in [0.1, 0.15) is 16.7 Å². The fraction of sp³-hybridized carbons (Fsp3) is 0.130. The molecule has 0 aliphatic rings. The first kappa shape index (κ1) is 18.8. The molecule has 0 aliphatic carbocycles. The van der Waals surface area contributed by atoms with Crippen LogP contribution in [0.5, 0.6) is 0 Å². The zero-order valence-electron chi connectivity index (χ0n) is 15.2. The molecule has 4 heteroatoms. The van der Waals surface area contributed by atoms with Crippen LogP contribution in [0, 0.1) is 18.9 Å². The number of hydrogen-bond acceptors (Lipinski definition) is 2. The molecule has 0 aromatic heterocycles. The summed E-state index contributed by atoms with van der Waals surface area (Å²) in [7, 11) is -3.71. The second kappa shape index (κ2) is 8.57.